The van der Waals surface area contributed by atoms with Crippen molar-refractivity contribution in [1.82, 2.24) is 4.47 Å². The number of benzene rings is 1. The highest BCUT2D eigenvalue weighted by Crippen LogP contribution is 2.12. The Morgan fingerprint density at radius 3 is 2.31 bits per heavy atom. The van der Waals surface area contributed by atoms with E-state index in [2.05, 4.69) is 0 Å². The number of hydrogen-bond acceptors (Lipinski definition) is 3. The van der Waals surface area contributed by atoms with E-state index in [4.69, 9.17) is 5.21 Å². The summed E-state index contributed by atoms with van der Waals surface area (Å²) in [4.78, 5) is 0.0966. The molecule has 0 saturated heterocycles. The van der Waals surface area contributed by atoms with Crippen LogP contribution in [0.1, 0.15) is 6.92 Å². The van der Waals surface area contributed by atoms with E-state index in [-0.39, 0.29) is 11.4 Å². The molecule has 0 atom stereocenters. The number of hydroxylamine groups is 1. The average molecular weight is 201 g/mol. The molecule has 0 unspecified atom stereocenters. The molecule has 5 heteroatoms. The normalized spacial score (nSPS) is 11.9. The first kappa shape index (κ1) is 10.2. The molecule has 0 aliphatic carbocycles. The van der Waals surface area contributed by atoms with Crippen LogP contribution in [0.2, 0.25) is 0 Å². The summed E-state index contributed by atoms with van der Waals surface area (Å²) in [6.07, 6.45) is 0. The molecule has 0 fully saturated rings. The Kier molecular flexibility index (Phi) is 3.02. The Balaban J connectivity index is 3.09. The molecule has 1 aromatic carbocycles. The van der Waals surface area contributed by atoms with E-state index < -0.39 is 10.0 Å². The van der Waals surface area contributed by atoms with Gasteiger partial charge in [-0.3, -0.25) is 5.21 Å². The lowest BCUT2D eigenvalue weighted by Gasteiger charge is -2.12. The summed E-state index contributed by atoms with van der Waals surface area (Å²) in [6.45, 7) is 1.59. The third kappa shape index (κ3) is 2.06. The topological polar surface area (TPSA) is 57.6 Å². The van der Waals surface area contributed by atoms with Gasteiger partial charge in [0.15, 0.2) is 0 Å². The molecule has 0 bridgehead atoms. The van der Waals surface area contributed by atoms with Gasteiger partial charge in [0, 0.05) is 6.54 Å². The average Bonchev–Trinajstić information content (AvgIpc) is 2.18. The SMILES string of the molecule is CCN(O)S(=O)(=O)c1ccccc1. The number of rotatable bonds is 3. The molecule has 1 N–H and O–H groups in total. The molecule has 0 aliphatic heterocycles. The first-order valence-corrected chi connectivity index (χ1v) is 5.29. The number of hydrogen-bond donors (Lipinski definition) is 1. The molecule has 4 nitrogen and oxygen atoms in total. The van der Waals surface area contributed by atoms with Gasteiger partial charge in [-0.15, -0.1) is 0 Å². The van der Waals surface area contributed by atoms with Gasteiger partial charge in [0.1, 0.15) is 0 Å². The molecule has 13 heavy (non-hydrogen) atoms. The van der Waals surface area contributed by atoms with Crippen molar-refractivity contribution in [2.75, 3.05) is 6.54 Å². The van der Waals surface area contributed by atoms with Crippen molar-refractivity contribution in [2.24, 2.45) is 0 Å². The molecule has 0 saturated carbocycles. The van der Waals surface area contributed by atoms with Crippen molar-refractivity contribution < 1.29 is 13.6 Å². The summed E-state index contributed by atoms with van der Waals surface area (Å²) in [5, 5.41) is 9.08. The lowest BCUT2D eigenvalue weighted by atomic mass is 10.4. The Morgan fingerprint density at radius 1 is 1.31 bits per heavy atom. The fraction of sp³-hybridized carbons (Fsp3) is 0.250. The third-order valence-corrected chi connectivity index (χ3v) is 3.27. The predicted octanol–water partition coefficient (Wildman–Crippen LogP) is 1.09. The quantitative estimate of drug-likeness (QED) is 0.745. The molecule has 0 amide bonds. The summed E-state index contributed by atoms with van der Waals surface area (Å²) < 4.78 is 23.2. The van der Waals surface area contributed by atoms with Crippen LogP contribution >= 0.6 is 0 Å². The van der Waals surface area contributed by atoms with Crippen LogP contribution in [0.25, 0.3) is 0 Å². The van der Waals surface area contributed by atoms with Crippen LogP contribution < -0.4 is 0 Å². The fourth-order valence-electron chi connectivity index (χ4n) is 0.884. The van der Waals surface area contributed by atoms with Crippen LogP contribution in [-0.4, -0.2) is 24.6 Å². The molecule has 0 aromatic heterocycles. The van der Waals surface area contributed by atoms with Gasteiger partial charge in [0.25, 0.3) is 10.0 Å². The van der Waals surface area contributed by atoms with Gasteiger partial charge in [-0.05, 0) is 19.1 Å². The largest absolute Gasteiger partial charge is 0.299 e. The van der Waals surface area contributed by atoms with Crippen molar-refractivity contribution in [3.05, 3.63) is 30.3 Å². The molecule has 0 spiro atoms. The van der Waals surface area contributed by atoms with Crippen molar-refractivity contribution >= 4 is 10.0 Å². The summed E-state index contributed by atoms with van der Waals surface area (Å²) >= 11 is 0. The summed E-state index contributed by atoms with van der Waals surface area (Å²) in [7, 11) is -3.70. The minimum absolute atomic E-state index is 0.0389. The molecule has 1 rings (SSSR count). The van der Waals surface area contributed by atoms with Crippen molar-refractivity contribution in [2.45, 2.75) is 11.8 Å². The van der Waals surface area contributed by atoms with Crippen LogP contribution in [0.3, 0.4) is 0 Å². The van der Waals surface area contributed by atoms with E-state index in [1.54, 1.807) is 25.1 Å². The highest BCUT2D eigenvalue weighted by atomic mass is 32.2. The molecule has 0 heterocycles. The maximum atomic E-state index is 11.4. The van der Waals surface area contributed by atoms with E-state index in [0.29, 0.717) is 4.47 Å². The maximum Gasteiger partial charge on any atom is 0.264 e. The van der Waals surface area contributed by atoms with Gasteiger partial charge in [0.05, 0.1) is 4.90 Å². The summed E-state index contributed by atoms with van der Waals surface area (Å²) in [5.41, 5.74) is 0. The molecule has 0 aliphatic rings. The lowest BCUT2D eigenvalue weighted by molar-refractivity contribution is 0.00857. The Bertz CT molecular complexity index is 360. The zero-order valence-electron chi connectivity index (χ0n) is 7.21. The standard InChI is InChI=1S/C8H11NO3S/c1-2-9(10)13(11,12)8-6-4-3-5-7-8/h3-7,10H,2H2,1H3. The second-order valence-electron chi connectivity index (χ2n) is 2.46. The second kappa shape index (κ2) is 3.87. The molecular formula is C8H11NO3S. The van der Waals surface area contributed by atoms with Crippen LogP contribution in [0.5, 0.6) is 0 Å². The van der Waals surface area contributed by atoms with Crippen molar-refractivity contribution in [3.63, 3.8) is 0 Å². The van der Waals surface area contributed by atoms with Crippen LogP contribution in [0, 0.1) is 0 Å². The lowest BCUT2D eigenvalue weighted by Crippen LogP contribution is -2.27. The predicted molar refractivity (Wildman–Crippen MR) is 47.8 cm³/mol. The molecule has 72 valence electrons. The Morgan fingerprint density at radius 2 is 1.85 bits per heavy atom. The zero-order valence-corrected chi connectivity index (χ0v) is 8.03. The van der Waals surface area contributed by atoms with Gasteiger partial charge < -0.3 is 0 Å². The monoisotopic (exact) mass is 201 g/mol. The van der Waals surface area contributed by atoms with Crippen molar-refractivity contribution in [1.29, 1.82) is 0 Å². The van der Waals surface area contributed by atoms with E-state index in [9.17, 15) is 8.42 Å². The second-order valence-corrected chi connectivity index (χ2v) is 4.30. The van der Waals surface area contributed by atoms with Crippen LogP contribution in [0.4, 0.5) is 0 Å². The summed E-state index contributed by atoms with van der Waals surface area (Å²) in [6, 6.07) is 7.81. The Hall–Kier alpha value is -0.910. The fourth-order valence-corrected chi connectivity index (χ4v) is 1.97. The zero-order chi connectivity index (χ0) is 9.90. The van der Waals surface area contributed by atoms with E-state index in [1.165, 1.54) is 12.1 Å². The van der Waals surface area contributed by atoms with Gasteiger partial charge >= 0.3 is 0 Å². The summed E-state index contributed by atoms with van der Waals surface area (Å²) in [5.74, 6) is 0. The minimum atomic E-state index is -3.70. The first-order chi connectivity index (χ1) is 6.09. The number of sulfonamides is 1. The highest BCUT2D eigenvalue weighted by molar-refractivity contribution is 7.89. The minimum Gasteiger partial charge on any atom is -0.299 e. The van der Waals surface area contributed by atoms with Crippen LogP contribution in [-0.2, 0) is 10.0 Å². The maximum absolute atomic E-state index is 11.4. The smallest absolute Gasteiger partial charge is 0.264 e. The highest BCUT2D eigenvalue weighted by Gasteiger charge is 2.19. The van der Waals surface area contributed by atoms with E-state index in [1.807, 2.05) is 0 Å². The van der Waals surface area contributed by atoms with Gasteiger partial charge in [0.2, 0.25) is 0 Å². The van der Waals surface area contributed by atoms with Gasteiger partial charge in [-0.1, -0.05) is 22.7 Å². The molecule has 1 aromatic rings. The van der Waals surface area contributed by atoms with E-state index in [0.717, 1.165) is 0 Å². The van der Waals surface area contributed by atoms with Crippen LogP contribution in [0.15, 0.2) is 35.2 Å². The van der Waals surface area contributed by atoms with Crippen molar-refractivity contribution in [3.8, 4) is 0 Å². The van der Waals surface area contributed by atoms with Gasteiger partial charge in [-0.25, -0.2) is 8.42 Å². The first-order valence-electron chi connectivity index (χ1n) is 3.85. The Labute approximate surface area is 77.4 Å². The van der Waals surface area contributed by atoms with E-state index >= 15 is 0 Å². The van der Waals surface area contributed by atoms with Gasteiger partial charge in [-0.2, -0.15) is 0 Å². The number of nitrogens with zero attached hydrogens (tertiary/aromatic N) is 1. The third-order valence-electron chi connectivity index (χ3n) is 1.59. The molecular weight excluding hydrogens is 190 g/mol. The molecule has 0 radical (unpaired) electrons.